The van der Waals surface area contributed by atoms with Crippen molar-refractivity contribution in [3.05, 3.63) is 57.8 Å². The molecule has 100 valence electrons. The second-order valence-electron chi connectivity index (χ2n) is 4.42. The number of ether oxygens (including phenoxy) is 1. The van der Waals surface area contributed by atoms with Crippen LogP contribution in [0.2, 0.25) is 0 Å². The van der Waals surface area contributed by atoms with E-state index in [9.17, 15) is 5.11 Å². The smallest absolute Gasteiger partial charge is 0.130 e. The molecule has 0 aliphatic rings. The molecular formula is C15H16BrNO2. The van der Waals surface area contributed by atoms with Gasteiger partial charge in [-0.1, -0.05) is 28.1 Å². The molecule has 0 bridgehead atoms. The first-order valence-electron chi connectivity index (χ1n) is 6.09. The number of nitrogens with zero attached hydrogens (tertiary/aromatic N) is 1. The number of benzene rings is 1. The molecule has 19 heavy (non-hydrogen) atoms. The highest BCUT2D eigenvalue weighted by Crippen LogP contribution is 2.29. The Hall–Kier alpha value is -1.39. The third kappa shape index (κ3) is 3.78. The molecule has 0 radical (unpaired) electrons. The van der Waals surface area contributed by atoms with Gasteiger partial charge in [-0.05, 0) is 38.1 Å². The fourth-order valence-electron chi connectivity index (χ4n) is 1.81. The Balaban J connectivity index is 2.17. The fourth-order valence-corrected chi connectivity index (χ4v) is 2.15. The van der Waals surface area contributed by atoms with E-state index in [1.807, 2.05) is 43.3 Å². The summed E-state index contributed by atoms with van der Waals surface area (Å²) in [6, 6.07) is 11.4. The van der Waals surface area contributed by atoms with Gasteiger partial charge in [-0.25, -0.2) is 0 Å². The average molecular weight is 322 g/mol. The number of halogens is 1. The molecule has 1 atom stereocenters. The molecule has 4 heteroatoms. The van der Waals surface area contributed by atoms with E-state index >= 15 is 0 Å². The third-order valence-corrected chi connectivity index (χ3v) is 3.24. The van der Waals surface area contributed by atoms with Crippen LogP contribution in [0.3, 0.4) is 0 Å². The van der Waals surface area contributed by atoms with Crippen molar-refractivity contribution in [3.63, 3.8) is 0 Å². The predicted molar refractivity (Wildman–Crippen MR) is 78.1 cm³/mol. The summed E-state index contributed by atoms with van der Waals surface area (Å²) >= 11 is 3.41. The monoisotopic (exact) mass is 321 g/mol. The first kappa shape index (κ1) is 14.0. The van der Waals surface area contributed by atoms with Gasteiger partial charge in [0.1, 0.15) is 12.4 Å². The Kier molecular flexibility index (Phi) is 4.56. The summed E-state index contributed by atoms with van der Waals surface area (Å²) in [5.41, 5.74) is 2.61. The van der Waals surface area contributed by atoms with Gasteiger partial charge in [0.15, 0.2) is 0 Å². The highest BCUT2D eigenvalue weighted by Gasteiger charge is 2.10. The molecule has 3 nitrogen and oxygen atoms in total. The molecule has 1 unspecified atom stereocenters. The third-order valence-electron chi connectivity index (χ3n) is 2.75. The number of aliphatic hydroxyl groups excluding tert-OH is 1. The number of rotatable bonds is 4. The molecule has 0 amide bonds. The van der Waals surface area contributed by atoms with E-state index in [4.69, 9.17) is 4.74 Å². The van der Waals surface area contributed by atoms with Gasteiger partial charge in [-0.15, -0.1) is 0 Å². The number of pyridine rings is 1. The number of aliphatic hydroxyl groups is 1. The van der Waals surface area contributed by atoms with E-state index < -0.39 is 6.10 Å². The Morgan fingerprint density at radius 3 is 2.79 bits per heavy atom. The molecule has 2 rings (SSSR count). The Labute approximate surface area is 121 Å². The van der Waals surface area contributed by atoms with Gasteiger partial charge in [-0.3, -0.25) is 4.98 Å². The van der Waals surface area contributed by atoms with E-state index in [0.29, 0.717) is 12.4 Å². The summed E-state index contributed by atoms with van der Waals surface area (Å²) in [5, 5.41) is 9.73. The predicted octanol–water partition coefficient (Wildman–Crippen LogP) is 3.78. The van der Waals surface area contributed by atoms with Crippen LogP contribution in [0.4, 0.5) is 0 Å². The maximum absolute atomic E-state index is 9.73. The second-order valence-corrected chi connectivity index (χ2v) is 5.33. The molecule has 1 heterocycles. The maximum atomic E-state index is 9.73. The lowest BCUT2D eigenvalue weighted by molar-refractivity contribution is 0.189. The van der Waals surface area contributed by atoms with Crippen LogP contribution in [0.25, 0.3) is 0 Å². The maximum Gasteiger partial charge on any atom is 0.130 e. The molecule has 0 aliphatic carbocycles. The van der Waals surface area contributed by atoms with Gasteiger partial charge in [0.25, 0.3) is 0 Å². The zero-order valence-electron chi connectivity index (χ0n) is 10.9. The van der Waals surface area contributed by atoms with Crippen LogP contribution in [-0.4, -0.2) is 10.1 Å². The van der Waals surface area contributed by atoms with Crippen LogP contribution in [0.5, 0.6) is 5.75 Å². The van der Waals surface area contributed by atoms with Gasteiger partial charge in [-0.2, -0.15) is 0 Å². The van der Waals surface area contributed by atoms with Crippen molar-refractivity contribution in [1.29, 1.82) is 0 Å². The average Bonchev–Trinajstić information content (AvgIpc) is 2.36. The number of aryl methyl sites for hydroxylation is 1. The quantitative estimate of drug-likeness (QED) is 0.931. The summed E-state index contributed by atoms with van der Waals surface area (Å²) in [6.07, 6.45) is -0.562. The van der Waals surface area contributed by atoms with E-state index in [1.165, 1.54) is 0 Å². The zero-order chi connectivity index (χ0) is 13.8. The Bertz CT molecular complexity index is 570. The summed E-state index contributed by atoms with van der Waals surface area (Å²) in [5.74, 6) is 0.674. The lowest BCUT2D eigenvalue weighted by Gasteiger charge is -2.13. The van der Waals surface area contributed by atoms with E-state index in [1.54, 1.807) is 6.92 Å². The van der Waals surface area contributed by atoms with E-state index in [2.05, 4.69) is 20.9 Å². The van der Waals surface area contributed by atoms with Crippen LogP contribution < -0.4 is 4.74 Å². The van der Waals surface area contributed by atoms with Gasteiger partial charge < -0.3 is 9.84 Å². The molecular weight excluding hydrogens is 306 g/mol. The zero-order valence-corrected chi connectivity index (χ0v) is 12.5. The van der Waals surface area contributed by atoms with Crippen molar-refractivity contribution in [1.82, 2.24) is 4.98 Å². The number of hydrogen-bond acceptors (Lipinski definition) is 3. The van der Waals surface area contributed by atoms with Crippen molar-refractivity contribution < 1.29 is 9.84 Å². The Morgan fingerprint density at radius 2 is 2.11 bits per heavy atom. The molecule has 0 aliphatic heterocycles. The molecule has 2 aromatic rings. The first-order chi connectivity index (χ1) is 9.06. The van der Waals surface area contributed by atoms with Crippen molar-refractivity contribution >= 4 is 15.9 Å². The lowest BCUT2D eigenvalue weighted by Crippen LogP contribution is -2.03. The van der Waals surface area contributed by atoms with Crippen LogP contribution in [0.1, 0.15) is 30.0 Å². The van der Waals surface area contributed by atoms with Crippen molar-refractivity contribution in [3.8, 4) is 5.75 Å². The lowest BCUT2D eigenvalue weighted by atomic mass is 10.1. The molecule has 1 aromatic carbocycles. The van der Waals surface area contributed by atoms with Gasteiger partial charge in [0, 0.05) is 15.7 Å². The minimum absolute atomic E-state index is 0.387. The van der Waals surface area contributed by atoms with Gasteiger partial charge in [0.05, 0.1) is 11.8 Å². The second kappa shape index (κ2) is 6.17. The topological polar surface area (TPSA) is 42.4 Å². The van der Waals surface area contributed by atoms with Crippen molar-refractivity contribution in [2.75, 3.05) is 0 Å². The molecule has 1 aromatic heterocycles. The summed E-state index contributed by atoms with van der Waals surface area (Å²) in [4.78, 5) is 4.39. The largest absolute Gasteiger partial charge is 0.487 e. The minimum atomic E-state index is -0.562. The van der Waals surface area contributed by atoms with Crippen LogP contribution >= 0.6 is 15.9 Å². The van der Waals surface area contributed by atoms with Crippen LogP contribution in [0, 0.1) is 6.92 Å². The molecule has 0 spiro atoms. The number of hydrogen-bond donors (Lipinski definition) is 1. The first-order valence-corrected chi connectivity index (χ1v) is 6.88. The number of aromatic nitrogens is 1. The molecule has 0 saturated carbocycles. The normalized spacial score (nSPS) is 12.2. The highest BCUT2D eigenvalue weighted by atomic mass is 79.9. The van der Waals surface area contributed by atoms with E-state index in [0.717, 1.165) is 21.4 Å². The molecule has 0 fully saturated rings. The van der Waals surface area contributed by atoms with Gasteiger partial charge >= 0.3 is 0 Å². The highest BCUT2D eigenvalue weighted by molar-refractivity contribution is 9.10. The van der Waals surface area contributed by atoms with Crippen LogP contribution in [-0.2, 0) is 6.61 Å². The summed E-state index contributed by atoms with van der Waals surface area (Å²) < 4.78 is 6.69. The summed E-state index contributed by atoms with van der Waals surface area (Å²) in [7, 11) is 0. The van der Waals surface area contributed by atoms with Crippen LogP contribution in [0.15, 0.2) is 40.9 Å². The van der Waals surface area contributed by atoms with Crippen molar-refractivity contribution in [2.24, 2.45) is 0 Å². The molecule has 0 saturated heterocycles. The van der Waals surface area contributed by atoms with Gasteiger partial charge in [0.2, 0.25) is 0 Å². The SMILES string of the molecule is Cc1cccc(COc2cc(Br)ccc2C(C)O)n1. The Morgan fingerprint density at radius 1 is 1.32 bits per heavy atom. The summed E-state index contributed by atoms with van der Waals surface area (Å²) in [6.45, 7) is 4.06. The fraction of sp³-hybridized carbons (Fsp3) is 0.267. The van der Waals surface area contributed by atoms with E-state index in [-0.39, 0.29) is 0 Å². The molecule has 1 N–H and O–H groups in total. The standard InChI is InChI=1S/C15H16BrNO2/c1-10-4-3-5-13(17-10)9-19-15-8-12(16)6-7-14(15)11(2)18/h3-8,11,18H,9H2,1-2H3. The minimum Gasteiger partial charge on any atom is -0.487 e. The van der Waals surface area contributed by atoms with Crippen molar-refractivity contribution in [2.45, 2.75) is 26.6 Å².